The van der Waals surface area contributed by atoms with Crippen LogP contribution in [0.5, 0.6) is 0 Å². The summed E-state index contributed by atoms with van der Waals surface area (Å²) in [4.78, 5) is 4.68. The Hall–Kier alpha value is -15.3. The second-order valence-corrected chi connectivity index (χ2v) is 29.6. The lowest BCUT2D eigenvalue weighted by molar-refractivity contribution is 1.18. The van der Waals surface area contributed by atoms with Crippen LogP contribution in [0.3, 0.4) is 0 Å². The number of fused-ring (bicyclic) bond motifs is 11. The average molecular weight is 1470 g/mol. The summed E-state index contributed by atoms with van der Waals surface area (Å²) in [6.45, 7) is 0. The first-order valence-electron chi connectivity index (χ1n) is 39.4. The van der Waals surface area contributed by atoms with Crippen LogP contribution in [0.2, 0.25) is 0 Å². The molecule has 0 N–H and O–H groups in total. The van der Waals surface area contributed by atoms with Crippen molar-refractivity contribution in [3.05, 3.63) is 455 Å². The van der Waals surface area contributed by atoms with Crippen LogP contribution < -0.4 is 9.80 Å². The summed E-state index contributed by atoms with van der Waals surface area (Å²) in [5.41, 5.74) is 29.3. The Labute approximate surface area is 667 Å². The fraction of sp³-hybridized carbons (Fsp3) is 0. The first-order chi connectivity index (χ1) is 57.0. The van der Waals surface area contributed by atoms with Gasteiger partial charge >= 0.3 is 0 Å². The second kappa shape index (κ2) is 29.2. The molecule has 0 saturated carbocycles. The molecule has 5 nitrogen and oxygen atoms in total. The van der Waals surface area contributed by atoms with Gasteiger partial charge in [-0.1, -0.05) is 297 Å². The van der Waals surface area contributed by atoms with Gasteiger partial charge in [0.2, 0.25) is 0 Å². The normalized spacial score (nSPS) is 11.5. The number of anilines is 6. The van der Waals surface area contributed by atoms with Gasteiger partial charge in [0, 0.05) is 83.5 Å². The SMILES string of the molecule is c1ccc(-c2ccc(N(c3ccc(-c4ccc5c(c4)c4ccccc4n5-c4ccc5ccccc5c4)cc3)c3ccc(-c4ccc5c6ccccc6n(-c6ccccc6)c5c4)cc3)cc2)cc1.c1ccc(-c2ccc(N(c3ccccc3)c3ccc(-c4ccc5c(c4)c4ccccc4n5-c4ccc5ccccc5c4)cc3)cc2)cc1. The number of nitrogens with zero attached hydrogens (tertiary/aromatic N) is 5. The predicted molar refractivity (Wildman–Crippen MR) is 487 cm³/mol. The molecule has 5 heteroatoms. The van der Waals surface area contributed by atoms with Gasteiger partial charge in [-0.15, -0.1) is 0 Å². The highest BCUT2D eigenvalue weighted by molar-refractivity contribution is 6.13. The lowest BCUT2D eigenvalue weighted by Crippen LogP contribution is -2.09. The number of hydrogen-bond donors (Lipinski definition) is 0. The summed E-state index contributed by atoms with van der Waals surface area (Å²) < 4.78 is 7.18. The first-order valence-corrected chi connectivity index (χ1v) is 39.4. The summed E-state index contributed by atoms with van der Waals surface area (Å²) in [5, 5.41) is 12.5. The van der Waals surface area contributed by atoms with Gasteiger partial charge in [0.25, 0.3) is 0 Å². The predicted octanol–water partition coefficient (Wildman–Crippen LogP) is 30.2. The summed E-state index contributed by atoms with van der Waals surface area (Å²) in [7, 11) is 0. The minimum Gasteiger partial charge on any atom is -0.311 e. The second-order valence-electron chi connectivity index (χ2n) is 29.6. The molecular weight excluding hydrogens is 1390 g/mol. The van der Waals surface area contributed by atoms with Gasteiger partial charge in [0.05, 0.1) is 33.1 Å². The molecule has 540 valence electrons. The molecule has 0 bridgehead atoms. The van der Waals surface area contributed by atoms with E-state index < -0.39 is 0 Å². The van der Waals surface area contributed by atoms with Gasteiger partial charge in [0.1, 0.15) is 0 Å². The van der Waals surface area contributed by atoms with E-state index in [4.69, 9.17) is 0 Å². The Morgan fingerprint density at radius 2 is 0.391 bits per heavy atom. The Balaban J connectivity index is 0.000000152. The maximum atomic E-state index is 2.40. The Bertz CT molecular complexity index is 7330. The number of benzene rings is 19. The van der Waals surface area contributed by atoms with Gasteiger partial charge in [-0.05, 0) is 235 Å². The molecular formula is C110H75N5. The lowest BCUT2D eigenvalue weighted by atomic mass is 10.0. The number of rotatable bonds is 14. The molecule has 0 aliphatic carbocycles. The molecule has 0 radical (unpaired) electrons. The Morgan fingerprint density at radius 3 is 0.791 bits per heavy atom. The zero-order valence-corrected chi connectivity index (χ0v) is 63.0. The third kappa shape index (κ3) is 12.6. The summed E-state index contributed by atoms with van der Waals surface area (Å²) in [6, 6.07) is 165. The minimum atomic E-state index is 1.09. The number of hydrogen-bond acceptors (Lipinski definition) is 2. The largest absolute Gasteiger partial charge is 0.311 e. The van der Waals surface area contributed by atoms with E-state index in [0.717, 1.165) is 39.8 Å². The average Bonchev–Trinajstić information content (AvgIpc) is 1.62. The molecule has 3 aromatic heterocycles. The minimum absolute atomic E-state index is 1.09. The molecule has 0 fully saturated rings. The van der Waals surface area contributed by atoms with E-state index in [1.807, 2.05) is 0 Å². The van der Waals surface area contributed by atoms with E-state index in [-0.39, 0.29) is 0 Å². The molecule has 0 atom stereocenters. The van der Waals surface area contributed by atoms with Crippen molar-refractivity contribution in [1.82, 2.24) is 13.7 Å². The van der Waals surface area contributed by atoms with Crippen LogP contribution in [0.15, 0.2) is 455 Å². The molecule has 0 aliphatic heterocycles. The van der Waals surface area contributed by atoms with Crippen molar-refractivity contribution in [2.75, 3.05) is 9.80 Å². The van der Waals surface area contributed by atoms with E-state index in [1.54, 1.807) is 0 Å². The molecule has 115 heavy (non-hydrogen) atoms. The van der Waals surface area contributed by atoms with Crippen LogP contribution in [0.25, 0.3) is 160 Å². The molecule has 0 unspecified atom stereocenters. The molecule has 0 spiro atoms. The van der Waals surface area contributed by atoms with E-state index in [9.17, 15) is 0 Å². The maximum Gasteiger partial charge on any atom is 0.0547 e. The summed E-state index contributed by atoms with van der Waals surface area (Å²) >= 11 is 0. The standard InChI is InChI=1S/C64H43N3.C46H32N2/c1-3-13-44(14-4-1)46-23-32-53(33-24-46)65(55-36-27-48(28-37-55)51-30-39-59-57-19-9-11-21-61(57)66(64(59)43-51)52-17-5-2-6-18-52)54-34-25-47(26-35-54)50-31-40-63-60(42-50)58-20-10-12-22-62(58)67(63)56-38-29-45-15-7-8-16-49(45)41-56;1-3-11-33(12-4-1)35-19-25-40(26-20-35)47(39-15-5-2-6-16-39)41-27-21-36(22-28-41)38-24-30-46-44(32-38)43-17-9-10-18-45(43)48(46)42-29-23-34-13-7-8-14-37(34)31-42/h1-43H;1-32H. The van der Waals surface area contributed by atoms with Crippen molar-refractivity contribution in [2.45, 2.75) is 0 Å². The van der Waals surface area contributed by atoms with E-state index in [0.29, 0.717) is 0 Å². The van der Waals surface area contributed by atoms with E-state index >= 15 is 0 Å². The van der Waals surface area contributed by atoms with Gasteiger partial charge in [-0.3, -0.25) is 0 Å². The first kappa shape index (κ1) is 67.8. The molecule has 22 aromatic rings. The molecule has 0 saturated heterocycles. The zero-order valence-electron chi connectivity index (χ0n) is 63.0. The van der Waals surface area contributed by atoms with Crippen LogP contribution in [-0.4, -0.2) is 13.7 Å². The molecule has 3 heterocycles. The number of aromatic nitrogens is 3. The smallest absolute Gasteiger partial charge is 0.0547 e. The molecule has 19 aromatic carbocycles. The van der Waals surface area contributed by atoms with Crippen molar-refractivity contribution in [3.8, 4) is 72.7 Å². The molecule has 0 aliphatic rings. The van der Waals surface area contributed by atoms with Gasteiger partial charge < -0.3 is 23.5 Å². The topological polar surface area (TPSA) is 21.3 Å². The highest BCUT2D eigenvalue weighted by Gasteiger charge is 2.21. The fourth-order valence-corrected chi connectivity index (χ4v) is 17.2. The van der Waals surface area contributed by atoms with Crippen molar-refractivity contribution in [2.24, 2.45) is 0 Å². The summed E-state index contributed by atoms with van der Waals surface area (Å²) in [5.74, 6) is 0. The summed E-state index contributed by atoms with van der Waals surface area (Å²) in [6.07, 6.45) is 0. The molecule has 22 rings (SSSR count). The van der Waals surface area contributed by atoms with Crippen molar-refractivity contribution < 1.29 is 0 Å². The lowest BCUT2D eigenvalue weighted by Gasteiger charge is -2.26. The van der Waals surface area contributed by atoms with Crippen LogP contribution in [0, 0.1) is 0 Å². The van der Waals surface area contributed by atoms with Gasteiger partial charge in [0.15, 0.2) is 0 Å². The number of para-hydroxylation sites is 5. The van der Waals surface area contributed by atoms with Crippen molar-refractivity contribution >= 4 is 121 Å². The van der Waals surface area contributed by atoms with Crippen LogP contribution in [0.1, 0.15) is 0 Å². The Morgan fingerprint density at radius 1 is 0.130 bits per heavy atom. The van der Waals surface area contributed by atoms with Crippen molar-refractivity contribution in [3.63, 3.8) is 0 Å². The third-order valence-corrected chi connectivity index (χ3v) is 22.9. The fourth-order valence-electron chi connectivity index (χ4n) is 17.2. The van der Waals surface area contributed by atoms with Gasteiger partial charge in [-0.2, -0.15) is 0 Å². The van der Waals surface area contributed by atoms with Crippen LogP contribution in [0.4, 0.5) is 34.1 Å². The molecule has 0 amide bonds. The van der Waals surface area contributed by atoms with Crippen molar-refractivity contribution in [1.29, 1.82) is 0 Å². The third-order valence-electron chi connectivity index (χ3n) is 22.9. The highest BCUT2D eigenvalue weighted by Crippen LogP contribution is 2.44. The highest BCUT2D eigenvalue weighted by atomic mass is 15.1. The van der Waals surface area contributed by atoms with Crippen LogP contribution >= 0.6 is 0 Å². The van der Waals surface area contributed by atoms with E-state index in [2.05, 4.69) is 478 Å². The zero-order chi connectivity index (χ0) is 76.1. The van der Waals surface area contributed by atoms with Crippen LogP contribution in [-0.2, 0) is 0 Å². The Kier molecular flexibility index (Phi) is 17.2. The quantitative estimate of drug-likeness (QED) is 0.108. The monoisotopic (exact) mass is 1470 g/mol. The maximum absolute atomic E-state index is 2.40. The van der Waals surface area contributed by atoms with Gasteiger partial charge in [-0.25, -0.2) is 0 Å². The van der Waals surface area contributed by atoms with E-state index in [1.165, 1.54) is 154 Å².